The highest BCUT2D eigenvalue weighted by molar-refractivity contribution is 6.13. The minimum absolute atomic E-state index is 0.00716. The summed E-state index contributed by atoms with van der Waals surface area (Å²) in [4.78, 5) is 41.3. The molecule has 0 bridgehead atoms. The molecular formula is C28H31F3N4O4. The second kappa shape index (κ2) is 10.3. The van der Waals surface area contributed by atoms with Crippen LogP contribution in [0.25, 0.3) is 0 Å². The van der Waals surface area contributed by atoms with E-state index in [4.69, 9.17) is 10.5 Å². The number of para-hydroxylation sites is 1. The van der Waals surface area contributed by atoms with Crippen LogP contribution >= 0.6 is 0 Å². The predicted octanol–water partition coefficient (Wildman–Crippen LogP) is 3.50. The van der Waals surface area contributed by atoms with Crippen LogP contribution in [0.3, 0.4) is 0 Å². The summed E-state index contributed by atoms with van der Waals surface area (Å²) in [5, 5.41) is 5.73. The van der Waals surface area contributed by atoms with Gasteiger partial charge in [-0.05, 0) is 24.1 Å². The van der Waals surface area contributed by atoms with Gasteiger partial charge in [0, 0.05) is 26.6 Å². The molecule has 0 saturated carbocycles. The normalized spacial score (nSPS) is 20.4. The molecule has 1 saturated heterocycles. The molecule has 39 heavy (non-hydrogen) atoms. The van der Waals surface area contributed by atoms with Crippen LogP contribution in [0.2, 0.25) is 0 Å². The van der Waals surface area contributed by atoms with Crippen LogP contribution in [-0.4, -0.2) is 60.1 Å². The van der Waals surface area contributed by atoms with Gasteiger partial charge >= 0.3 is 6.18 Å². The van der Waals surface area contributed by atoms with Crippen LogP contribution in [0, 0.1) is 16.7 Å². The summed E-state index contributed by atoms with van der Waals surface area (Å²) in [6, 6.07) is 14.0. The van der Waals surface area contributed by atoms with Gasteiger partial charge in [-0.25, -0.2) is 5.01 Å². The molecule has 0 unspecified atom stereocenters. The Hall–Kier alpha value is -3.89. The van der Waals surface area contributed by atoms with Gasteiger partial charge < -0.3 is 15.4 Å². The lowest BCUT2D eigenvalue weighted by molar-refractivity contribution is -0.150. The Morgan fingerprint density at radius 2 is 1.74 bits per heavy atom. The highest BCUT2D eigenvalue weighted by atomic mass is 19.4. The smallest absolute Gasteiger partial charge is 0.419 e. The van der Waals surface area contributed by atoms with Crippen LogP contribution in [0.15, 0.2) is 59.7 Å². The summed E-state index contributed by atoms with van der Waals surface area (Å²) in [7, 11) is 1.57. The van der Waals surface area contributed by atoms with Gasteiger partial charge in [0.1, 0.15) is 17.8 Å². The van der Waals surface area contributed by atoms with Crippen molar-refractivity contribution in [2.75, 3.05) is 26.7 Å². The number of hydrogen-bond acceptors (Lipinski definition) is 5. The number of alkyl halides is 3. The average Bonchev–Trinajstić information content (AvgIpc) is 3.13. The first-order valence-corrected chi connectivity index (χ1v) is 12.5. The number of halogens is 3. The number of fused-ring (bicyclic) bond motifs is 1. The third kappa shape index (κ3) is 5.35. The SMILES string of the molecule is CN1N=C2CCN(C(=O)[C@@H](COc3ccccc3C(F)(F)F)C(C)(C)C(N)=O)C[C@@]2(Cc2ccccc2)C1=O. The third-order valence-electron chi connectivity index (χ3n) is 7.67. The molecule has 11 heteroatoms. The maximum Gasteiger partial charge on any atom is 0.419 e. The number of ether oxygens (including phenoxy) is 1. The summed E-state index contributed by atoms with van der Waals surface area (Å²) < 4.78 is 46.1. The first kappa shape index (κ1) is 28.1. The number of benzene rings is 2. The van der Waals surface area contributed by atoms with Crippen LogP contribution < -0.4 is 10.5 Å². The van der Waals surface area contributed by atoms with Crippen molar-refractivity contribution in [2.45, 2.75) is 32.9 Å². The number of carbonyl (C=O) groups is 3. The van der Waals surface area contributed by atoms with Crippen molar-refractivity contribution in [2.24, 2.45) is 27.6 Å². The molecule has 4 rings (SSSR count). The van der Waals surface area contributed by atoms with Crippen molar-refractivity contribution >= 4 is 23.4 Å². The molecule has 3 amide bonds. The Morgan fingerprint density at radius 3 is 2.38 bits per heavy atom. The van der Waals surface area contributed by atoms with Crippen molar-refractivity contribution in [3.05, 3.63) is 65.7 Å². The minimum Gasteiger partial charge on any atom is -0.492 e. The molecule has 8 nitrogen and oxygen atoms in total. The summed E-state index contributed by atoms with van der Waals surface area (Å²) in [5.41, 5.74) is 3.66. The maximum absolute atomic E-state index is 14.0. The zero-order valence-electron chi connectivity index (χ0n) is 22.0. The average molecular weight is 545 g/mol. The summed E-state index contributed by atoms with van der Waals surface area (Å²) in [6.07, 6.45) is -4.02. The summed E-state index contributed by atoms with van der Waals surface area (Å²) in [5.74, 6) is -3.25. The molecule has 2 aromatic rings. The van der Waals surface area contributed by atoms with Gasteiger partial charge in [-0.2, -0.15) is 18.3 Å². The quantitative estimate of drug-likeness (QED) is 0.549. The number of amides is 3. The maximum atomic E-state index is 14.0. The lowest BCUT2D eigenvalue weighted by atomic mass is 9.72. The van der Waals surface area contributed by atoms with Gasteiger partial charge in [-0.15, -0.1) is 0 Å². The largest absolute Gasteiger partial charge is 0.492 e. The first-order valence-electron chi connectivity index (χ1n) is 12.5. The van der Waals surface area contributed by atoms with E-state index < -0.39 is 52.7 Å². The van der Waals surface area contributed by atoms with E-state index >= 15 is 0 Å². The Balaban J connectivity index is 1.64. The van der Waals surface area contributed by atoms with Crippen LogP contribution in [-0.2, 0) is 27.0 Å². The number of likely N-dealkylation sites (tertiary alicyclic amines) is 1. The molecular weight excluding hydrogens is 513 g/mol. The van der Waals surface area contributed by atoms with Gasteiger partial charge in [0.25, 0.3) is 5.91 Å². The van der Waals surface area contributed by atoms with E-state index in [1.807, 2.05) is 30.3 Å². The van der Waals surface area contributed by atoms with Gasteiger partial charge in [0.05, 0.1) is 22.6 Å². The van der Waals surface area contributed by atoms with Crippen molar-refractivity contribution in [1.29, 1.82) is 0 Å². The third-order valence-corrected chi connectivity index (χ3v) is 7.67. The van der Waals surface area contributed by atoms with Crippen molar-refractivity contribution in [3.63, 3.8) is 0 Å². The Bertz CT molecular complexity index is 1300. The lowest BCUT2D eigenvalue weighted by Crippen LogP contribution is -2.58. The number of nitrogens with zero attached hydrogens (tertiary/aromatic N) is 3. The minimum atomic E-state index is -4.67. The van der Waals surface area contributed by atoms with Crippen LogP contribution in [0.5, 0.6) is 5.75 Å². The number of hydrogen-bond donors (Lipinski definition) is 1. The second-order valence-electron chi connectivity index (χ2n) is 10.6. The van der Waals surface area contributed by atoms with E-state index in [0.29, 0.717) is 18.6 Å². The van der Waals surface area contributed by atoms with Gasteiger partial charge in [0.2, 0.25) is 11.8 Å². The molecule has 0 radical (unpaired) electrons. The van der Waals surface area contributed by atoms with E-state index in [1.165, 1.54) is 35.9 Å². The van der Waals surface area contributed by atoms with Crippen molar-refractivity contribution < 1.29 is 32.3 Å². The Labute approximate surface area is 224 Å². The van der Waals surface area contributed by atoms with Gasteiger partial charge in [-0.3, -0.25) is 14.4 Å². The summed E-state index contributed by atoms with van der Waals surface area (Å²) in [6.45, 7) is 2.63. The molecule has 1 fully saturated rings. The fraction of sp³-hybridized carbons (Fsp3) is 0.429. The lowest BCUT2D eigenvalue weighted by Gasteiger charge is -2.42. The van der Waals surface area contributed by atoms with Crippen molar-refractivity contribution in [1.82, 2.24) is 9.91 Å². The molecule has 0 aliphatic carbocycles. The van der Waals surface area contributed by atoms with E-state index in [2.05, 4.69) is 5.10 Å². The second-order valence-corrected chi connectivity index (χ2v) is 10.6. The van der Waals surface area contributed by atoms with E-state index in [-0.39, 0.29) is 19.0 Å². The van der Waals surface area contributed by atoms with Gasteiger partial charge in [-0.1, -0.05) is 56.3 Å². The highest BCUT2D eigenvalue weighted by Gasteiger charge is 2.55. The number of rotatable bonds is 8. The zero-order chi connectivity index (χ0) is 28.6. The number of carbonyl (C=O) groups excluding carboxylic acids is 3. The Morgan fingerprint density at radius 1 is 1.10 bits per heavy atom. The predicted molar refractivity (Wildman–Crippen MR) is 137 cm³/mol. The standard InChI is InChI=1S/C28H31F3N4O4/c1-26(2,24(32)37)20(16-39-21-12-8-7-11-19(21)28(29,30)31)23(36)35-14-13-22-27(17-35,25(38)34(3)33-22)15-18-9-5-4-6-10-18/h4-12,20H,13-17H2,1-3H3,(H2,32,37)/t20-,27-/m1/s1. The number of nitrogens with two attached hydrogens (primary N) is 1. The zero-order valence-corrected chi connectivity index (χ0v) is 22.0. The van der Waals surface area contributed by atoms with Gasteiger partial charge in [0.15, 0.2) is 0 Å². The monoisotopic (exact) mass is 544 g/mol. The molecule has 2 N–H and O–H groups in total. The molecule has 0 spiro atoms. The molecule has 2 atom stereocenters. The van der Waals surface area contributed by atoms with Crippen LogP contribution in [0.1, 0.15) is 31.4 Å². The Kier molecular flexibility index (Phi) is 7.46. The van der Waals surface area contributed by atoms with Crippen LogP contribution in [0.4, 0.5) is 13.2 Å². The number of primary amides is 1. The van der Waals surface area contributed by atoms with E-state index in [1.54, 1.807) is 7.05 Å². The molecule has 2 heterocycles. The fourth-order valence-electron chi connectivity index (χ4n) is 5.20. The number of piperidine rings is 1. The topological polar surface area (TPSA) is 105 Å². The molecule has 2 aliphatic heterocycles. The molecule has 2 aliphatic rings. The first-order chi connectivity index (χ1) is 18.3. The molecule has 0 aromatic heterocycles. The highest BCUT2D eigenvalue weighted by Crippen LogP contribution is 2.41. The van der Waals surface area contributed by atoms with E-state index in [0.717, 1.165) is 17.7 Å². The number of hydrazone groups is 1. The molecule has 2 aromatic carbocycles. The van der Waals surface area contributed by atoms with Crippen molar-refractivity contribution in [3.8, 4) is 5.75 Å². The summed E-state index contributed by atoms with van der Waals surface area (Å²) >= 11 is 0. The molecule has 208 valence electrons. The van der Waals surface area contributed by atoms with E-state index in [9.17, 15) is 27.6 Å². The fourth-order valence-corrected chi connectivity index (χ4v) is 5.20.